The minimum Gasteiger partial charge on any atom is -0.368 e. The van der Waals surface area contributed by atoms with Crippen molar-refractivity contribution in [3.05, 3.63) is 35.9 Å². The van der Waals surface area contributed by atoms with E-state index in [4.69, 9.17) is 10.5 Å². The third-order valence-electron chi connectivity index (χ3n) is 3.65. The van der Waals surface area contributed by atoms with Crippen LogP contribution in [-0.2, 0) is 16.0 Å². The Labute approximate surface area is 128 Å². The van der Waals surface area contributed by atoms with Gasteiger partial charge in [-0.25, -0.2) is 0 Å². The molecule has 1 aliphatic heterocycles. The molecule has 0 aromatic heterocycles. The second-order valence-electron chi connectivity index (χ2n) is 5.74. The number of benzene rings is 1. The Balaban J connectivity index is 0.000000677. The number of carbonyl (C=O) groups excluding carboxylic acids is 1. The summed E-state index contributed by atoms with van der Waals surface area (Å²) in [6.45, 7) is 6.79. The predicted molar refractivity (Wildman–Crippen MR) is 87.2 cm³/mol. The third kappa shape index (κ3) is 5.98. The number of ether oxygens (including phenoxy) is 1. The van der Waals surface area contributed by atoms with Crippen LogP contribution >= 0.6 is 0 Å². The molecule has 0 saturated carbocycles. The van der Waals surface area contributed by atoms with E-state index >= 15 is 0 Å². The van der Waals surface area contributed by atoms with Crippen LogP contribution < -0.4 is 5.73 Å². The van der Waals surface area contributed by atoms with Crippen molar-refractivity contribution in [2.45, 2.75) is 58.6 Å². The van der Waals surface area contributed by atoms with Crippen molar-refractivity contribution in [2.75, 3.05) is 6.61 Å². The van der Waals surface area contributed by atoms with Crippen molar-refractivity contribution in [3.8, 4) is 0 Å². The third-order valence-corrected chi connectivity index (χ3v) is 3.65. The van der Waals surface area contributed by atoms with Crippen molar-refractivity contribution in [3.63, 3.8) is 0 Å². The molecule has 118 valence electrons. The van der Waals surface area contributed by atoms with Crippen molar-refractivity contribution in [1.82, 2.24) is 0 Å². The first kappa shape index (κ1) is 17.9. The number of ketones is 1. The van der Waals surface area contributed by atoms with Crippen LogP contribution in [0.25, 0.3) is 0 Å². The summed E-state index contributed by atoms with van der Waals surface area (Å²) in [6.07, 6.45) is 3.81. The Morgan fingerprint density at radius 3 is 2.33 bits per heavy atom. The Bertz CT molecular complexity index is 405. The average molecular weight is 291 g/mol. The van der Waals surface area contributed by atoms with Gasteiger partial charge in [0.25, 0.3) is 0 Å². The van der Waals surface area contributed by atoms with E-state index in [1.807, 2.05) is 6.07 Å². The molecule has 1 aromatic carbocycles. The van der Waals surface area contributed by atoms with Gasteiger partial charge in [-0.1, -0.05) is 63.9 Å². The van der Waals surface area contributed by atoms with Crippen LogP contribution in [0, 0.1) is 5.92 Å². The predicted octanol–water partition coefficient (Wildman–Crippen LogP) is 3.36. The van der Waals surface area contributed by atoms with Gasteiger partial charge in [0.1, 0.15) is 6.10 Å². The number of hydrogen-bond acceptors (Lipinski definition) is 3. The van der Waals surface area contributed by atoms with Crippen LogP contribution in [0.15, 0.2) is 30.3 Å². The zero-order chi connectivity index (χ0) is 15.7. The van der Waals surface area contributed by atoms with Crippen LogP contribution in [0.4, 0.5) is 0 Å². The molecule has 1 heterocycles. The zero-order valence-corrected chi connectivity index (χ0v) is 13.5. The van der Waals surface area contributed by atoms with Crippen LogP contribution in [0.5, 0.6) is 0 Å². The topological polar surface area (TPSA) is 52.3 Å². The minimum atomic E-state index is -0.413. The molecular weight excluding hydrogens is 262 g/mol. The molecule has 3 atom stereocenters. The first-order chi connectivity index (χ1) is 10.1. The fourth-order valence-electron chi connectivity index (χ4n) is 2.45. The molecule has 0 bridgehead atoms. The lowest BCUT2D eigenvalue weighted by molar-refractivity contribution is -0.123. The highest BCUT2D eigenvalue weighted by molar-refractivity contribution is 5.89. The number of hydrogen-bond donors (Lipinski definition) is 1. The smallest absolute Gasteiger partial charge is 0.180 e. The lowest BCUT2D eigenvalue weighted by atomic mass is 9.90. The first-order valence-corrected chi connectivity index (χ1v) is 8.07. The Kier molecular flexibility index (Phi) is 8.24. The van der Waals surface area contributed by atoms with E-state index < -0.39 is 6.04 Å². The highest BCUT2D eigenvalue weighted by Crippen LogP contribution is 2.22. The first-order valence-electron chi connectivity index (χ1n) is 8.07. The molecule has 3 nitrogen and oxygen atoms in total. The van der Waals surface area contributed by atoms with Gasteiger partial charge in [0, 0.05) is 0 Å². The summed E-state index contributed by atoms with van der Waals surface area (Å²) in [5.74, 6) is 0.549. The molecule has 21 heavy (non-hydrogen) atoms. The summed E-state index contributed by atoms with van der Waals surface area (Å²) in [7, 11) is 0. The monoisotopic (exact) mass is 291 g/mol. The Hall–Kier alpha value is -1.19. The number of Topliss-reactive ketones (excluding diaryl/α,β-unsaturated/α-hetero) is 1. The van der Waals surface area contributed by atoms with Gasteiger partial charge < -0.3 is 10.5 Å². The fourth-order valence-corrected chi connectivity index (χ4v) is 2.45. The molecule has 3 heteroatoms. The van der Waals surface area contributed by atoms with Crippen LogP contribution in [-0.4, -0.2) is 24.5 Å². The molecule has 1 aromatic rings. The average Bonchev–Trinajstić information content (AvgIpc) is 2.80. The molecule has 2 rings (SSSR count). The second kappa shape index (κ2) is 9.69. The second-order valence-corrected chi connectivity index (χ2v) is 5.74. The van der Waals surface area contributed by atoms with Gasteiger partial charge in [-0.3, -0.25) is 4.79 Å². The molecule has 2 N–H and O–H groups in total. The van der Waals surface area contributed by atoms with E-state index in [0.29, 0.717) is 12.5 Å². The lowest BCUT2D eigenvalue weighted by Crippen LogP contribution is -2.32. The summed E-state index contributed by atoms with van der Waals surface area (Å²) in [5, 5.41) is 0. The minimum absolute atomic E-state index is 0.0708. The van der Waals surface area contributed by atoms with Crippen molar-refractivity contribution >= 4 is 5.78 Å². The highest BCUT2D eigenvalue weighted by Gasteiger charge is 2.33. The fraction of sp³-hybridized carbons (Fsp3) is 0.611. The lowest BCUT2D eigenvalue weighted by Gasteiger charge is -2.18. The Morgan fingerprint density at radius 1 is 1.24 bits per heavy atom. The molecule has 0 radical (unpaired) electrons. The molecule has 0 amide bonds. The van der Waals surface area contributed by atoms with Gasteiger partial charge in [0.15, 0.2) is 5.78 Å². The molecule has 0 spiro atoms. The molecule has 3 unspecified atom stereocenters. The van der Waals surface area contributed by atoms with E-state index in [9.17, 15) is 4.79 Å². The standard InChI is InChI=1S/C15H21NO2.C3H8/c1-2-11(8-12-6-4-3-5-7-12)9-14-15(17)13(16)10-18-14;1-3-2/h3-7,11,13-14H,2,8-10,16H2,1H3;3H2,1-2H3. The van der Waals surface area contributed by atoms with Crippen molar-refractivity contribution < 1.29 is 9.53 Å². The van der Waals surface area contributed by atoms with Crippen LogP contribution in [0.3, 0.4) is 0 Å². The quantitative estimate of drug-likeness (QED) is 0.905. The van der Waals surface area contributed by atoms with Gasteiger partial charge in [-0.15, -0.1) is 0 Å². The van der Waals surface area contributed by atoms with Gasteiger partial charge in [-0.05, 0) is 24.3 Å². The van der Waals surface area contributed by atoms with Crippen molar-refractivity contribution in [2.24, 2.45) is 11.7 Å². The number of carbonyl (C=O) groups is 1. The van der Waals surface area contributed by atoms with Crippen LogP contribution in [0.1, 0.15) is 45.6 Å². The van der Waals surface area contributed by atoms with E-state index in [-0.39, 0.29) is 11.9 Å². The maximum atomic E-state index is 11.8. The number of nitrogens with two attached hydrogens (primary N) is 1. The normalized spacial score (nSPS) is 22.6. The van der Waals surface area contributed by atoms with Gasteiger partial charge >= 0.3 is 0 Å². The maximum Gasteiger partial charge on any atom is 0.180 e. The van der Waals surface area contributed by atoms with E-state index in [2.05, 4.69) is 45.0 Å². The van der Waals surface area contributed by atoms with E-state index in [1.54, 1.807) is 0 Å². The summed E-state index contributed by atoms with van der Waals surface area (Å²) in [5.41, 5.74) is 6.98. The van der Waals surface area contributed by atoms with Crippen molar-refractivity contribution in [1.29, 1.82) is 0 Å². The van der Waals surface area contributed by atoms with E-state index in [1.165, 1.54) is 12.0 Å². The molecule has 1 fully saturated rings. The summed E-state index contributed by atoms with van der Waals surface area (Å²) >= 11 is 0. The molecule has 1 aliphatic rings. The summed E-state index contributed by atoms with van der Waals surface area (Å²) < 4.78 is 5.47. The van der Waals surface area contributed by atoms with Gasteiger partial charge in [0.2, 0.25) is 0 Å². The molecule has 1 saturated heterocycles. The van der Waals surface area contributed by atoms with Gasteiger partial charge in [-0.2, -0.15) is 0 Å². The highest BCUT2D eigenvalue weighted by atomic mass is 16.5. The largest absolute Gasteiger partial charge is 0.368 e. The van der Waals surface area contributed by atoms with Crippen LogP contribution in [0.2, 0.25) is 0 Å². The van der Waals surface area contributed by atoms with E-state index in [0.717, 1.165) is 19.3 Å². The number of rotatable bonds is 5. The summed E-state index contributed by atoms with van der Waals surface area (Å²) in [6, 6.07) is 9.97. The zero-order valence-electron chi connectivity index (χ0n) is 13.5. The Morgan fingerprint density at radius 2 is 1.86 bits per heavy atom. The van der Waals surface area contributed by atoms with Gasteiger partial charge in [0.05, 0.1) is 12.6 Å². The SMILES string of the molecule is CCC.CCC(Cc1ccccc1)CC1OCC(N)C1=O. The maximum absolute atomic E-state index is 11.8. The molecular formula is C18H29NO2. The molecule has 0 aliphatic carbocycles. The summed E-state index contributed by atoms with van der Waals surface area (Å²) in [4.78, 5) is 11.8.